The highest BCUT2D eigenvalue weighted by Crippen LogP contribution is 2.22. The summed E-state index contributed by atoms with van der Waals surface area (Å²) in [5.74, 6) is 0.927. The van der Waals surface area contributed by atoms with Crippen LogP contribution in [0.2, 0.25) is 0 Å². The third-order valence-electron chi connectivity index (χ3n) is 4.03. The van der Waals surface area contributed by atoms with Gasteiger partial charge in [-0.1, -0.05) is 19.1 Å². The van der Waals surface area contributed by atoms with Crippen LogP contribution in [0.3, 0.4) is 0 Å². The molecule has 0 spiro atoms. The van der Waals surface area contributed by atoms with Crippen LogP contribution in [0.5, 0.6) is 0 Å². The van der Waals surface area contributed by atoms with Gasteiger partial charge in [0.05, 0.1) is 0 Å². The highest BCUT2D eigenvalue weighted by Gasteiger charge is 2.20. The number of nitrogens with zero attached hydrogens (tertiary/aromatic N) is 1. The van der Waals surface area contributed by atoms with Crippen molar-refractivity contribution in [3.63, 3.8) is 0 Å². The molecule has 2 rings (SSSR count). The first-order chi connectivity index (χ1) is 9.17. The summed E-state index contributed by atoms with van der Waals surface area (Å²) in [5.41, 5.74) is 1.24. The lowest BCUT2D eigenvalue weighted by Crippen LogP contribution is -2.37. The Morgan fingerprint density at radius 3 is 2.47 bits per heavy atom. The molecule has 3 heteroatoms. The lowest BCUT2D eigenvalue weighted by Gasteiger charge is -2.33. The Morgan fingerprint density at radius 2 is 1.89 bits per heavy atom. The highest BCUT2D eigenvalue weighted by molar-refractivity contribution is 5.16. The van der Waals surface area contributed by atoms with E-state index in [1.807, 2.05) is 12.1 Å². The fourth-order valence-corrected chi connectivity index (χ4v) is 2.83. The molecule has 1 aliphatic rings. The highest BCUT2D eigenvalue weighted by atomic mass is 19.1. The van der Waals surface area contributed by atoms with E-state index in [0.717, 1.165) is 26.1 Å². The molecule has 1 fully saturated rings. The lowest BCUT2D eigenvalue weighted by atomic mass is 9.90. The van der Waals surface area contributed by atoms with Gasteiger partial charge in [-0.25, -0.2) is 4.39 Å². The fraction of sp³-hybridized carbons (Fsp3) is 0.625. The molecule has 0 amide bonds. The van der Waals surface area contributed by atoms with Crippen molar-refractivity contribution in [3.8, 4) is 0 Å². The summed E-state index contributed by atoms with van der Waals surface area (Å²) in [4.78, 5) is 2.45. The van der Waals surface area contributed by atoms with E-state index in [1.165, 1.54) is 18.4 Å². The molecule has 1 aromatic carbocycles. The van der Waals surface area contributed by atoms with E-state index in [-0.39, 0.29) is 12.4 Å². The summed E-state index contributed by atoms with van der Waals surface area (Å²) in [6.07, 6.45) is 3.47. The van der Waals surface area contributed by atoms with Gasteiger partial charge in [0.2, 0.25) is 0 Å². The summed E-state index contributed by atoms with van der Waals surface area (Å²) in [7, 11) is 0. The fourth-order valence-electron chi connectivity index (χ4n) is 2.83. The Balaban J connectivity index is 1.75. The van der Waals surface area contributed by atoms with E-state index in [0.29, 0.717) is 11.8 Å². The van der Waals surface area contributed by atoms with E-state index in [2.05, 4.69) is 11.8 Å². The molecule has 19 heavy (non-hydrogen) atoms. The Morgan fingerprint density at radius 1 is 1.26 bits per heavy atom. The van der Waals surface area contributed by atoms with Gasteiger partial charge in [0, 0.05) is 13.2 Å². The first-order valence-electron chi connectivity index (χ1n) is 7.25. The third-order valence-corrected chi connectivity index (χ3v) is 4.03. The van der Waals surface area contributed by atoms with Gasteiger partial charge in [-0.2, -0.15) is 0 Å². The smallest absolute Gasteiger partial charge is 0.123 e. The Bertz CT molecular complexity index is 371. The zero-order valence-corrected chi connectivity index (χ0v) is 11.7. The maximum Gasteiger partial charge on any atom is 0.123 e. The van der Waals surface area contributed by atoms with Crippen LogP contribution in [0.1, 0.15) is 25.3 Å². The molecular weight excluding hydrogens is 241 g/mol. The molecule has 1 heterocycles. The van der Waals surface area contributed by atoms with Crippen LogP contribution < -0.4 is 0 Å². The standard InChI is InChI=1S/C16H24FNO/c1-13(12-19)11-18-8-6-15(7-9-18)10-14-2-4-16(17)5-3-14/h2-5,13,15,19H,6-12H2,1H3. The molecule has 1 aliphatic heterocycles. The molecule has 1 saturated heterocycles. The number of rotatable bonds is 5. The lowest BCUT2D eigenvalue weighted by molar-refractivity contribution is 0.135. The van der Waals surface area contributed by atoms with Crippen LogP contribution in [0.25, 0.3) is 0 Å². The molecule has 0 aliphatic carbocycles. The maximum atomic E-state index is 12.8. The molecule has 0 bridgehead atoms. The van der Waals surface area contributed by atoms with E-state index in [9.17, 15) is 4.39 Å². The summed E-state index contributed by atoms with van der Waals surface area (Å²) in [6.45, 7) is 5.60. The van der Waals surface area contributed by atoms with Crippen molar-refractivity contribution in [1.82, 2.24) is 4.90 Å². The first-order valence-corrected chi connectivity index (χ1v) is 7.25. The van der Waals surface area contributed by atoms with Gasteiger partial charge in [-0.05, 0) is 61.9 Å². The Hall–Kier alpha value is -0.930. The number of piperidine rings is 1. The van der Waals surface area contributed by atoms with E-state index in [1.54, 1.807) is 12.1 Å². The van der Waals surface area contributed by atoms with E-state index >= 15 is 0 Å². The molecule has 2 nitrogen and oxygen atoms in total. The van der Waals surface area contributed by atoms with Crippen molar-refractivity contribution in [2.45, 2.75) is 26.2 Å². The molecule has 0 saturated carbocycles. The number of halogens is 1. The third kappa shape index (κ3) is 4.59. The van der Waals surface area contributed by atoms with Crippen LogP contribution in [0, 0.1) is 17.7 Å². The SMILES string of the molecule is CC(CO)CN1CCC(Cc2ccc(F)cc2)CC1. The quantitative estimate of drug-likeness (QED) is 0.885. The average molecular weight is 265 g/mol. The normalized spacial score (nSPS) is 19.5. The molecule has 0 aromatic heterocycles. The zero-order chi connectivity index (χ0) is 13.7. The minimum atomic E-state index is -0.156. The van der Waals surface area contributed by atoms with Gasteiger partial charge in [-0.15, -0.1) is 0 Å². The summed E-state index contributed by atoms with van der Waals surface area (Å²) < 4.78 is 12.8. The van der Waals surface area contributed by atoms with Crippen molar-refractivity contribution in [2.24, 2.45) is 11.8 Å². The van der Waals surface area contributed by atoms with E-state index in [4.69, 9.17) is 5.11 Å². The second-order valence-corrected chi connectivity index (χ2v) is 5.86. The van der Waals surface area contributed by atoms with Crippen molar-refractivity contribution in [2.75, 3.05) is 26.2 Å². The summed E-state index contributed by atoms with van der Waals surface area (Å²) in [5, 5.41) is 9.08. The van der Waals surface area contributed by atoms with Crippen molar-refractivity contribution in [3.05, 3.63) is 35.6 Å². The molecular formula is C16H24FNO. The second-order valence-electron chi connectivity index (χ2n) is 5.86. The minimum absolute atomic E-state index is 0.156. The van der Waals surface area contributed by atoms with Gasteiger partial charge in [0.1, 0.15) is 5.82 Å². The van der Waals surface area contributed by atoms with Gasteiger partial charge in [0.15, 0.2) is 0 Å². The van der Waals surface area contributed by atoms with Gasteiger partial charge < -0.3 is 10.0 Å². The predicted molar refractivity (Wildman–Crippen MR) is 75.5 cm³/mol. The average Bonchev–Trinajstić information content (AvgIpc) is 2.43. The monoisotopic (exact) mass is 265 g/mol. The van der Waals surface area contributed by atoms with Crippen LogP contribution in [0.15, 0.2) is 24.3 Å². The second kappa shape index (κ2) is 7.01. The molecule has 0 radical (unpaired) electrons. The van der Waals surface area contributed by atoms with Gasteiger partial charge in [0.25, 0.3) is 0 Å². The first kappa shape index (κ1) is 14.5. The number of hydrogen-bond acceptors (Lipinski definition) is 2. The minimum Gasteiger partial charge on any atom is -0.396 e. The molecule has 106 valence electrons. The zero-order valence-electron chi connectivity index (χ0n) is 11.7. The predicted octanol–water partition coefficient (Wildman–Crippen LogP) is 2.71. The summed E-state index contributed by atoms with van der Waals surface area (Å²) in [6, 6.07) is 6.89. The number of aliphatic hydroxyl groups is 1. The Kier molecular flexibility index (Phi) is 5.34. The number of hydrogen-bond donors (Lipinski definition) is 1. The topological polar surface area (TPSA) is 23.5 Å². The molecule has 1 unspecified atom stereocenters. The van der Waals surface area contributed by atoms with Crippen molar-refractivity contribution >= 4 is 0 Å². The Labute approximate surface area is 115 Å². The van der Waals surface area contributed by atoms with Crippen LogP contribution >= 0.6 is 0 Å². The van der Waals surface area contributed by atoms with Gasteiger partial charge >= 0.3 is 0 Å². The molecule has 1 atom stereocenters. The van der Waals surface area contributed by atoms with Crippen molar-refractivity contribution < 1.29 is 9.50 Å². The largest absolute Gasteiger partial charge is 0.396 e. The number of aliphatic hydroxyl groups excluding tert-OH is 1. The molecule has 1 aromatic rings. The van der Waals surface area contributed by atoms with Crippen LogP contribution in [-0.2, 0) is 6.42 Å². The maximum absolute atomic E-state index is 12.8. The molecule has 1 N–H and O–H groups in total. The van der Waals surface area contributed by atoms with Crippen molar-refractivity contribution in [1.29, 1.82) is 0 Å². The summed E-state index contributed by atoms with van der Waals surface area (Å²) >= 11 is 0. The van der Waals surface area contributed by atoms with Gasteiger partial charge in [-0.3, -0.25) is 0 Å². The number of benzene rings is 1. The van der Waals surface area contributed by atoms with Crippen LogP contribution in [0.4, 0.5) is 4.39 Å². The van der Waals surface area contributed by atoms with E-state index < -0.39 is 0 Å². The number of likely N-dealkylation sites (tertiary alicyclic amines) is 1. The van der Waals surface area contributed by atoms with Crippen LogP contribution in [-0.4, -0.2) is 36.2 Å².